The Morgan fingerprint density at radius 2 is 1.88 bits per heavy atom. The monoisotopic (exact) mass is 327 g/mol. The summed E-state index contributed by atoms with van der Waals surface area (Å²) in [5.41, 5.74) is 11.8. The highest BCUT2D eigenvalue weighted by Crippen LogP contribution is 2.26. The van der Waals surface area contributed by atoms with E-state index in [9.17, 15) is 4.39 Å². The van der Waals surface area contributed by atoms with Gasteiger partial charge < -0.3 is 5.32 Å². The Kier molecular flexibility index (Phi) is 5.29. The molecule has 3 nitrogen and oxygen atoms in total. The molecule has 3 unspecified atom stereocenters. The van der Waals surface area contributed by atoms with Gasteiger partial charge in [0.25, 0.3) is 0 Å². The Hall–Kier alpha value is -1.75. The predicted octanol–water partition coefficient (Wildman–Crippen LogP) is 3.56. The van der Waals surface area contributed by atoms with E-state index in [-0.39, 0.29) is 11.9 Å². The minimum atomic E-state index is -0.190. The summed E-state index contributed by atoms with van der Waals surface area (Å²) >= 11 is 0. The van der Waals surface area contributed by atoms with E-state index in [0.29, 0.717) is 12.0 Å². The van der Waals surface area contributed by atoms with Crippen LogP contribution in [0.4, 0.5) is 4.39 Å². The molecule has 0 spiro atoms. The van der Waals surface area contributed by atoms with Gasteiger partial charge in [-0.1, -0.05) is 30.3 Å². The van der Waals surface area contributed by atoms with Crippen LogP contribution in [0, 0.1) is 25.6 Å². The largest absolute Gasteiger partial charge is 0.310 e. The molecule has 0 aliphatic carbocycles. The third-order valence-corrected chi connectivity index (χ3v) is 5.04. The van der Waals surface area contributed by atoms with Crippen LogP contribution in [-0.4, -0.2) is 13.1 Å². The minimum Gasteiger partial charge on any atom is -0.310 e. The average molecular weight is 327 g/mol. The summed E-state index contributed by atoms with van der Waals surface area (Å²) in [6, 6.07) is 13.9. The van der Waals surface area contributed by atoms with Gasteiger partial charge in [0.1, 0.15) is 5.82 Å². The van der Waals surface area contributed by atoms with Crippen molar-refractivity contribution < 1.29 is 4.39 Å². The molecule has 24 heavy (non-hydrogen) atoms. The van der Waals surface area contributed by atoms with Crippen molar-refractivity contribution >= 4 is 0 Å². The molecule has 0 bridgehead atoms. The molecule has 0 amide bonds. The van der Waals surface area contributed by atoms with Crippen molar-refractivity contribution in [1.29, 1.82) is 0 Å². The zero-order valence-corrected chi connectivity index (χ0v) is 14.6. The van der Waals surface area contributed by atoms with E-state index in [2.05, 4.69) is 55.1 Å². The molecule has 1 aliphatic rings. The van der Waals surface area contributed by atoms with E-state index in [1.807, 2.05) is 12.1 Å². The first-order valence-corrected chi connectivity index (χ1v) is 8.59. The summed E-state index contributed by atoms with van der Waals surface area (Å²) in [6.07, 6.45) is 0. The van der Waals surface area contributed by atoms with Gasteiger partial charge >= 0.3 is 0 Å². The zero-order valence-electron chi connectivity index (χ0n) is 14.6. The zero-order chi connectivity index (χ0) is 17.1. The molecule has 1 fully saturated rings. The van der Waals surface area contributed by atoms with Crippen molar-refractivity contribution in [2.24, 2.45) is 5.92 Å². The van der Waals surface area contributed by atoms with E-state index in [1.54, 1.807) is 0 Å². The van der Waals surface area contributed by atoms with Crippen LogP contribution in [0.5, 0.6) is 0 Å². The van der Waals surface area contributed by atoms with Crippen molar-refractivity contribution in [3.05, 3.63) is 70.5 Å². The first-order valence-electron chi connectivity index (χ1n) is 8.59. The Morgan fingerprint density at radius 1 is 1.12 bits per heavy atom. The van der Waals surface area contributed by atoms with Gasteiger partial charge in [-0.05, 0) is 55.2 Å². The highest BCUT2D eigenvalue weighted by molar-refractivity contribution is 5.32. The fraction of sp³-hybridized carbons (Fsp3) is 0.400. The summed E-state index contributed by atoms with van der Waals surface area (Å²) < 4.78 is 13.0. The van der Waals surface area contributed by atoms with Crippen molar-refractivity contribution in [1.82, 2.24) is 16.2 Å². The maximum atomic E-state index is 13.0. The fourth-order valence-corrected chi connectivity index (χ4v) is 3.24. The molecule has 1 heterocycles. The molecule has 3 rings (SSSR count). The maximum absolute atomic E-state index is 13.0. The average Bonchev–Trinajstić information content (AvgIpc) is 3.04. The Labute approximate surface area is 143 Å². The van der Waals surface area contributed by atoms with Gasteiger partial charge in [-0.15, -0.1) is 0 Å². The molecule has 2 aromatic rings. The Balaban J connectivity index is 1.63. The van der Waals surface area contributed by atoms with E-state index in [1.165, 1.54) is 28.8 Å². The SMILES string of the molecule is Cc1ccc(C2NNCC2CNC(C)c2ccc(F)cc2)cc1C. The molecule has 0 radical (unpaired) electrons. The second kappa shape index (κ2) is 7.43. The summed E-state index contributed by atoms with van der Waals surface area (Å²) in [5, 5.41) is 3.58. The molecule has 1 saturated heterocycles. The number of halogens is 1. The van der Waals surface area contributed by atoms with Crippen LogP contribution in [0.1, 0.15) is 41.3 Å². The number of hydrogen-bond acceptors (Lipinski definition) is 3. The third-order valence-electron chi connectivity index (χ3n) is 5.04. The van der Waals surface area contributed by atoms with Crippen LogP contribution in [-0.2, 0) is 0 Å². The highest BCUT2D eigenvalue weighted by Gasteiger charge is 2.28. The summed E-state index contributed by atoms with van der Waals surface area (Å²) in [4.78, 5) is 0. The van der Waals surface area contributed by atoms with Gasteiger partial charge in [-0.2, -0.15) is 0 Å². The van der Waals surface area contributed by atoms with E-state index >= 15 is 0 Å². The lowest BCUT2D eigenvalue weighted by atomic mass is 9.92. The Morgan fingerprint density at radius 3 is 2.58 bits per heavy atom. The van der Waals surface area contributed by atoms with Crippen molar-refractivity contribution in [3.8, 4) is 0 Å². The lowest BCUT2D eigenvalue weighted by Gasteiger charge is -2.22. The number of benzene rings is 2. The highest BCUT2D eigenvalue weighted by atomic mass is 19.1. The van der Waals surface area contributed by atoms with Crippen LogP contribution in [0.15, 0.2) is 42.5 Å². The number of aryl methyl sites for hydroxylation is 2. The number of nitrogens with one attached hydrogen (secondary N) is 3. The Bertz CT molecular complexity index is 684. The van der Waals surface area contributed by atoms with E-state index < -0.39 is 0 Å². The minimum absolute atomic E-state index is 0.190. The quantitative estimate of drug-likeness (QED) is 0.786. The number of hydrogen-bond donors (Lipinski definition) is 3. The molecule has 2 aromatic carbocycles. The first-order chi connectivity index (χ1) is 11.5. The van der Waals surface area contributed by atoms with Crippen LogP contribution < -0.4 is 16.2 Å². The van der Waals surface area contributed by atoms with Crippen LogP contribution >= 0.6 is 0 Å². The second-order valence-electron chi connectivity index (χ2n) is 6.79. The molecule has 3 atom stereocenters. The van der Waals surface area contributed by atoms with E-state index in [0.717, 1.165) is 18.7 Å². The molecule has 128 valence electrons. The van der Waals surface area contributed by atoms with Crippen molar-refractivity contribution in [3.63, 3.8) is 0 Å². The second-order valence-corrected chi connectivity index (χ2v) is 6.79. The molecule has 0 saturated carbocycles. The van der Waals surface area contributed by atoms with Gasteiger partial charge in [0.15, 0.2) is 0 Å². The summed E-state index contributed by atoms with van der Waals surface area (Å²) in [7, 11) is 0. The van der Waals surface area contributed by atoms with E-state index in [4.69, 9.17) is 0 Å². The molecule has 1 aliphatic heterocycles. The molecule has 3 N–H and O–H groups in total. The number of hydrazine groups is 1. The number of rotatable bonds is 5. The van der Waals surface area contributed by atoms with Gasteiger partial charge in [-0.25, -0.2) is 9.82 Å². The first kappa shape index (κ1) is 17.1. The van der Waals surface area contributed by atoms with Gasteiger partial charge in [0.05, 0.1) is 6.04 Å². The summed E-state index contributed by atoms with van der Waals surface area (Å²) in [6.45, 7) is 8.25. The van der Waals surface area contributed by atoms with Crippen LogP contribution in [0.3, 0.4) is 0 Å². The molecule has 4 heteroatoms. The van der Waals surface area contributed by atoms with Crippen LogP contribution in [0.25, 0.3) is 0 Å². The van der Waals surface area contributed by atoms with Crippen molar-refractivity contribution in [2.45, 2.75) is 32.9 Å². The van der Waals surface area contributed by atoms with Crippen molar-refractivity contribution in [2.75, 3.05) is 13.1 Å². The third kappa shape index (κ3) is 3.83. The molecule has 0 aromatic heterocycles. The molecular weight excluding hydrogens is 301 g/mol. The smallest absolute Gasteiger partial charge is 0.123 e. The standard InChI is InChI=1S/C20H26FN3/c1-13-4-5-17(10-14(13)2)20-18(12-23-24-20)11-22-15(3)16-6-8-19(21)9-7-16/h4-10,15,18,20,22-24H,11-12H2,1-3H3. The fourth-order valence-electron chi connectivity index (χ4n) is 3.24. The van der Waals surface area contributed by atoms with Crippen LogP contribution in [0.2, 0.25) is 0 Å². The lowest BCUT2D eigenvalue weighted by Crippen LogP contribution is -2.30. The summed E-state index contributed by atoms with van der Waals surface area (Å²) in [5.74, 6) is 0.278. The topological polar surface area (TPSA) is 36.1 Å². The van der Waals surface area contributed by atoms with Gasteiger partial charge in [0.2, 0.25) is 0 Å². The van der Waals surface area contributed by atoms with Gasteiger partial charge in [0, 0.05) is 25.0 Å². The van der Waals surface area contributed by atoms with Gasteiger partial charge in [-0.3, -0.25) is 5.43 Å². The molecular formula is C20H26FN3. The lowest BCUT2D eigenvalue weighted by molar-refractivity contribution is 0.418. The predicted molar refractivity (Wildman–Crippen MR) is 96.1 cm³/mol. The maximum Gasteiger partial charge on any atom is 0.123 e. The normalized spacial score (nSPS) is 21.8.